The van der Waals surface area contributed by atoms with Crippen LogP contribution in [-0.2, 0) is 0 Å². The Balaban J connectivity index is -0.0000000182. The van der Waals surface area contributed by atoms with Gasteiger partial charge in [-0.3, -0.25) is 0 Å². The van der Waals surface area contributed by atoms with Gasteiger partial charge in [0.1, 0.15) is 0 Å². The Morgan fingerprint density at radius 2 is 0.765 bits per heavy atom. The first-order chi connectivity index (χ1) is 5.29. The van der Waals surface area contributed by atoms with Gasteiger partial charge in [-0.2, -0.15) is 0 Å². The number of rotatable bonds is 0. The summed E-state index contributed by atoms with van der Waals surface area (Å²) in [6.45, 7) is 0. The molecular weight excluding hydrogens is 228 g/mol. The molecule has 0 unspecified atom stereocenters. The quantitative estimate of drug-likeness (QED) is 0.694. The van der Waals surface area contributed by atoms with Crippen LogP contribution in [0.4, 0.5) is 9.59 Å². The van der Waals surface area contributed by atoms with Gasteiger partial charge >= 0.3 is 12.2 Å². The molecule has 2 amide bonds. The van der Waals surface area contributed by atoms with Crippen LogP contribution >= 0.6 is 0 Å². The van der Waals surface area contributed by atoms with E-state index in [1.165, 1.54) is 28.2 Å². The number of carbonyl (C=O) groups is 2. The van der Waals surface area contributed by atoms with E-state index in [0.29, 0.717) is 0 Å². The van der Waals surface area contributed by atoms with Gasteiger partial charge < -0.3 is 25.5 Å². The Morgan fingerprint density at radius 3 is 0.765 bits per heavy atom. The minimum absolute atomic E-state index is 0. The maximum Gasteiger partial charge on any atom is 0.406 e. The maximum atomic E-state index is 9.62. The predicted octanol–water partition coefficient (Wildman–Crippen LogP) is 2.17. The average Bonchev–Trinajstić information content (AvgIpc) is 1.88. The second kappa shape index (κ2) is 24.0. The second-order valence-electron chi connectivity index (χ2n) is 2.35. The molecule has 0 saturated carbocycles. The molecular formula is C10H32N2O5. The molecule has 0 aliphatic heterocycles. The molecule has 0 aliphatic carbocycles. The van der Waals surface area contributed by atoms with Gasteiger partial charge in [0.25, 0.3) is 0 Å². The Morgan fingerprint density at radius 1 is 0.706 bits per heavy atom. The van der Waals surface area contributed by atoms with Crippen molar-refractivity contribution in [2.45, 2.75) is 29.7 Å². The fourth-order valence-corrected chi connectivity index (χ4v) is 0. The van der Waals surface area contributed by atoms with Crippen molar-refractivity contribution in [1.82, 2.24) is 9.80 Å². The molecule has 7 nitrogen and oxygen atoms in total. The molecule has 0 heterocycles. The molecule has 4 N–H and O–H groups in total. The number of nitrogens with zero attached hydrogens (tertiary/aromatic N) is 2. The number of amides is 2. The summed E-state index contributed by atoms with van der Waals surface area (Å²) in [4.78, 5) is 21.4. The van der Waals surface area contributed by atoms with Crippen LogP contribution in [0.15, 0.2) is 0 Å². The highest BCUT2D eigenvalue weighted by Gasteiger charge is 1.92. The van der Waals surface area contributed by atoms with E-state index < -0.39 is 12.2 Å². The monoisotopic (exact) mass is 260 g/mol. The standard InChI is InChI=1S/2C3H7NO2.4CH4.H2O/c2*1-4(2)3(5)6;;;;;/h2*1-2H3,(H,5,6);4*1H4;1H2. The van der Waals surface area contributed by atoms with E-state index in [-0.39, 0.29) is 35.2 Å². The van der Waals surface area contributed by atoms with Gasteiger partial charge in [0, 0.05) is 28.2 Å². The number of carboxylic acid groups (broad SMARTS) is 2. The van der Waals surface area contributed by atoms with E-state index in [4.69, 9.17) is 10.2 Å². The van der Waals surface area contributed by atoms with Crippen molar-refractivity contribution in [3.05, 3.63) is 0 Å². The van der Waals surface area contributed by atoms with Crippen molar-refractivity contribution in [2.24, 2.45) is 0 Å². The van der Waals surface area contributed by atoms with Crippen LogP contribution in [0, 0.1) is 0 Å². The highest BCUT2D eigenvalue weighted by molar-refractivity contribution is 5.64. The Labute approximate surface area is 106 Å². The molecule has 0 rings (SSSR count). The van der Waals surface area contributed by atoms with Crippen LogP contribution in [0.1, 0.15) is 29.7 Å². The Bertz CT molecular complexity index is 143. The molecule has 0 fully saturated rings. The summed E-state index contributed by atoms with van der Waals surface area (Å²) in [6, 6.07) is 0. The summed E-state index contributed by atoms with van der Waals surface area (Å²) in [5.41, 5.74) is 0. The van der Waals surface area contributed by atoms with Crippen LogP contribution in [-0.4, -0.2) is 65.9 Å². The lowest BCUT2D eigenvalue weighted by atomic mass is 10.9. The van der Waals surface area contributed by atoms with Gasteiger partial charge in [-0.1, -0.05) is 29.7 Å². The Hall–Kier alpha value is -1.50. The van der Waals surface area contributed by atoms with Gasteiger partial charge in [0.2, 0.25) is 0 Å². The summed E-state index contributed by atoms with van der Waals surface area (Å²) in [5, 5.41) is 15.8. The molecule has 0 aromatic carbocycles. The lowest BCUT2D eigenvalue weighted by molar-refractivity contribution is 0.164. The van der Waals surface area contributed by atoms with Crippen molar-refractivity contribution >= 4 is 12.2 Å². The van der Waals surface area contributed by atoms with Crippen LogP contribution in [0.2, 0.25) is 0 Å². The molecule has 0 spiro atoms. The first-order valence-corrected chi connectivity index (χ1v) is 3.09. The predicted molar refractivity (Wildman–Crippen MR) is 74.0 cm³/mol. The average molecular weight is 260 g/mol. The molecule has 0 aliphatic rings. The summed E-state index contributed by atoms with van der Waals surface area (Å²) >= 11 is 0. The highest BCUT2D eigenvalue weighted by atomic mass is 16.4. The Kier molecular flexibility index (Phi) is 63.6. The van der Waals surface area contributed by atoms with Crippen LogP contribution < -0.4 is 0 Å². The van der Waals surface area contributed by atoms with Crippen molar-refractivity contribution in [1.29, 1.82) is 0 Å². The largest absolute Gasteiger partial charge is 0.465 e. The van der Waals surface area contributed by atoms with Gasteiger partial charge in [-0.15, -0.1) is 0 Å². The lowest BCUT2D eigenvalue weighted by Crippen LogP contribution is -2.18. The van der Waals surface area contributed by atoms with E-state index in [0.717, 1.165) is 9.80 Å². The third-order valence-corrected chi connectivity index (χ3v) is 0.765. The second-order valence-corrected chi connectivity index (χ2v) is 2.35. The third kappa shape index (κ3) is 53.6. The van der Waals surface area contributed by atoms with Crippen molar-refractivity contribution < 1.29 is 25.3 Å². The number of hydrogen-bond acceptors (Lipinski definition) is 2. The zero-order valence-corrected chi connectivity index (χ0v) is 8.11. The van der Waals surface area contributed by atoms with Gasteiger partial charge in [-0.25, -0.2) is 9.59 Å². The van der Waals surface area contributed by atoms with Gasteiger partial charge in [-0.05, 0) is 0 Å². The van der Waals surface area contributed by atoms with E-state index >= 15 is 0 Å². The molecule has 17 heavy (non-hydrogen) atoms. The first-order valence-electron chi connectivity index (χ1n) is 3.09. The molecule has 7 heteroatoms. The van der Waals surface area contributed by atoms with E-state index in [1.807, 2.05) is 0 Å². The van der Waals surface area contributed by atoms with Crippen molar-refractivity contribution in [3.63, 3.8) is 0 Å². The van der Waals surface area contributed by atoms with E-state index in [1.54, 1.807) is 0 Å². The topological polar surface area (TPSA) is 113 Å². The molecule has 0 radical (unpaired) electrons. The van der Waals surface area contributed by atoms with Crippen LogP contribution in [0.5, 0.6) is 0 Å². The van der Waals surface area contributed by atoms with Crippen LogP contribution in [0.25, 0.3) is 0 Å². The molecule has 0 saturated heterocycles. The number of hydrogen-bond donors (Lipinski definition) is 2. The molecule has 0 bridgehead atoms. The zero-order chi connectivity index (χ0) is 10.3. The minimum atomic E-state index is -0.907. The molecule has 0 aromatic heterocycles. The third-order valence-electron chi connectivity index (χ3n) is 0.765. The molecule has 0 aromatic rings. The zero-order valence-electron chi connectivity index (χ0n) is 8.11. The fourth-order valence-electron chi connectivity index (χ4n) is 0. The van der Waals surface area contributed by atoms with Crippen molar-refractivity contribution in [2.75, 3.05) is 28.2 Å². The summed E-state index contributed by atoms with van der Waals surface area (Å²) < 4.78 is 0. The van der Waals surface area contributed by atoms with E-state index in [9.17, 15) is 9.59 Å². The first kappa shape index (κ1) is 45.1. The summed E-state index contributed by atoms with van der Waals surface area (Å²) in [5.74, 6) is 0. The van der Waals surface area contributed by atoms with Crippen molar-refractivity contribution in [3.8, 4) is 0 Å². The smallest absolute Gasteiger partial charge is 0.406 e. The maximum absolute atomic E-state index is 9.62. The van der Waals surface area contributed by atoms with E-state index in [2.05, 4.69) is 0 Å². The summed E-state index contributed by atoms with van der Waals surface area (Å²) in [6.07, 6.45) is -1.81. The lowest BCUT2D eigenvalue weighted by Gasteiger charge is -1.99. The van der Waals surface area contributed by atoms with Gasteiger partial charge in [0.05, 0.1) is 0 Å². The minimum Gasteiger partial charge on any atom is -0.465 e. The molecule has 0 atom stereocenters. The van der Waals surface area contributed by atoms with Gasteiger partial charge in [0.15, 0.2) is 0 Å². The highest BCUT2D eigenvalue weighted by Crippen LogP contribution is 1.70. The summed E-state index contributed by atoms with van der Waals surface area (Å²) in [7, 11) is 5.90. The normalized spacial score (nSPS) is 5.41. The van der Waals surface area contributed by atoms with Crippen LogP contribution in [0.3, 0.4) is 0 Å². The SMILES string of the molecule is C.C.C.C.CN(C)C(=O)O.CN(C)C(=O)O.O. The fraction of sp³-hybridized carbons (Fsp3) is 0.800. The molecule has 112 valence electrons.